The minimum Gasteiger partial charge on any atom is -0.496 e. The molecule has 2 aromatic carbocycles. The van der Waals surface area contributed by atoms with Crippen molar-refractivity contribution >= 4 is 11.6 Å². The van der Waals surface area contributed by atoms with E-state index in [0.717, 1.165) is 16.3 Å². The molecule has 0 bridgehead atoms. The zero-order chi connectivity index (χ0) is 14.8. The first-order valence-electron chi connectivity index (χ1n) is 7.30. The van der Waals surface area contributed by atoms with Crippen molar-refractivity contribution in [2.45, 2.75) is 18.4 Å². The summed E-state index contributed by atoms with van der Waals surface area (Å²) < 4.78 is 5.50. The zero-order valence-electron chi connectivity index (χ0n) is 12.3. The normalized spacial score (nSPS) is 21.9. The molecule has 2 nitrogen and oxygen atoms in total. The quantitative estimate of drug-likeness (QED) is 0.883. The molecule has 1 aliphatic carbocycles. The van der Waals surface area contributed by atoms with Crippen LogP contribution < -0.4 is 10.1 Å². The molecule has 110 valence electrons. The second-order valence-corrected chi connectivity index (χ2v) is 6.01. The predicted molar refractivity (Wildman–Crippen MR) is 87.1 cm³/mol. The van der Waals surface area contributed by atoms with Crippen molar-refractivity contribution in [1.29, 1.82) is 0 Å². The molecule has 0 spiro atoms. The lowest BCUT2D eigenvalue weighted by molar-refractivity contribution is 0.395. The van der Waals surface area contributed by atoms with E-state index in [1.807, 2.05) is 25.2 Å². The third-order valence-corrected chi connectivity index (χ3v) is 4.57. The highest BCUT2D eigenvalue weighted by molar-refractivity contribution is 6.30. The highest BCUT2D eigenvalue weighted by atomic mass is 35.5. The van der Waals surface area contributed by atoms with E-state index in [0.29, 0.717) is 11.8 Å². The van der Waals surface area contributed by atoms with E-state index in [-0.39, 0.29) is 6.04 Å². The van der Waals surface area contributed by atoms with Gasteiger partial charge in [-0.3, -0.25) is 0 Å². The van der Waals surface area contributed by atoms with E-state index in [2.05, 4.69) is 35.6 Å². The molecule has 21 heavy (non-hydrogen) atoms. The first kappa shape index (κ1) is 14.4. The number of hydrogen-bond donors (Lipinski definition) is 1. The molecule has 0 aliphatic heterocycles. The molecule has 0 saturated heterocycles. The molecule has 0 heterocycles. The fourth-order valence-corrected chi connectivity index (χ4v) is 3.40. The van der Waals surface area contributed by atoms with Crippen LogP contribution in [0.3, 0.4) is 0 Å². The molecule has 3 heteroatoms. The summed E-state index contributed by atoms with van der Waals surface area (Å²) in [5.41, 5.74) is 2.57. The van der Waals surface area contributed by atoms with Crippen LogP contribution in [-0.4, -0.2) is 14.2 Å². The minimum absolute atomic E-state index is 0.267. The summed E-state index contributed by atoms with van der Waals surface area (Å²) in [7, 11) is 3.71. The van der Waals surface area contributed by atoms with Crippen LogP contribution in [-0.2, 0) is 0 Å². The summed E-state index contributed by atoms with van der Waals surface area (Å²) in [6.07, 6.45) is 1.20. The smallest absolute Gasteiger partial charge is 0.123 e. The largest absolute Gasteiger partial charge is 0.496 e. The second-order valence-electron chi connectivity index (χ2n) is 5.57. The third-order valence-electron chi connectivity index (χ3n) is 4.33. The van der Waals surface area contributed by atoms with Gasteiger partial charge in [0, 0.05) is 16.6 Å². The van der Waals surface area contributed by atoms with Gasteiger partial charge in [-0.15, -0.1) is 0 Å². The van der Waals surface area contributed by atoms with Crippen LogP contribution in [0.4, 0.5) is 0 Å². The summed E-state index contributed by atoms with van der Waals surface area (Å²) >= 11 is 6.17. The van der Waals surface area contributed by atoms with Crippen LogP contribution in [0.1, 0.15) is 29.5 Å². The summed E-state index contributed by atoms with van der Waals surface area (Å²) in [5.74, 6) is 2.11. The van der Waals surface area contributed by atoms with Crippen molar-refractivity contribution in [2.75, 3.05) is 14.2 Å². The van der Waals surface area contributed by atoms with Gasteiger partial charge in [-0.1, -0.05) is 41.9 Å². The van der Waals surface area contributed by atoms with Gasteiger partial charge in [-0.25, -0.2) is 0 Å². The highest BCUT2D eigenvalue weighted by Crippen LogP contribution is 2.55. The van der Waals surface area contributed by atoms with Crippen LogP contribution in [0, 0.1) is 5.92 Å². The monoisotopic (exact) mass is 301 g/mol. The lowest BCUT2D eigenvalue weighted by Crippen LogP contribution is -2.20. The molecular weight excluding hydrogens is 282 g/mol. The molecule has 0 amide bonds. The van der Waals surface area contributed by atoms with Gasteiger partial charge < -0.3 is 10.1 Å². The number of rotatable bonds is 5. The Kier molecular flexibility index (Phi) is 4.18. The number of halogens is 1. The van der Waals surface area contributed by atoms with Gasteiger partial charge in [0.2, 0.25) is 0 Å². The van der Waals surface area contributed by atoms with E-state index in [9.17, 15) is 0 Å². The number of hydrogen-bond acceptors (Lipinski definition) is 2. The maximum atomic E-state index is 6.17. The summed E-state index contributed by atoms with van der Waals surface area (Å²) in [4.78, 5) is 0. The van der Waals surface area contributed by atoms with Crippen LogP contribution in [0.2, 0.25) is 5.02 Å². The molecule has 1 fully saturated rings. The first-order valence-corrected chi connectivity index (χ1v) is 7.68. The molecular formula is C18H20ClNO. The molecule has 1 N–H and O–H groups in total. The lowest BCUT2D eigenvalue weighted by Gasteiger charge is -2.20. The Morgan fingerprint density at radius 2 is 1.95 bits per heavy atom. The van der Waals surface area contributed by atoms with Crippen molar-refractivity contribution in [2.24, 2.45) is 5.92 Å². The number of benzene rings is 2. The van der Waals surface area contributed by atoms with Crippen LogP contribution in [0.25, 0.3) is 0 Å². The van der Waals surface area contributed by atoms with E-state index < -0.39 is 0 Å². The average Bonchev–Trinajstić information content (AvgIpc) is 3.30. The SMILES string of the molecule is CNC(c1cc(Cl)ccc1OC)C1CC1c1ccccc1. The van der Waals surface area contributed by atoms with E-state index in [1.165, 1.54) is 12.0 Å². The van der Waals surface area contributed by atoms with Crippen LogP contribution in [0.5, 0.6) is 5.75 Å². The van der Waals surface area contributed by atoms with E-state index >= 15 is 0 Å². The average molecular weight is 302 g/mol. The van der Waals surface area contributed by atoms with Crippen LogP contribution in [0.15, 0.2) is 48.5 Å². The Bertz CT molecular complexity index is 614. The van der Waals surface area contributed by atoms with Gasteiger partial charge >= 0.3 is 0 Å². The lowest BCUT2D eigenvalue weighted by atomic mass is 9.98. The standard InChI is InChI=1S/C18H20ClNO/c1-20-18(16-10-13(19)8-9-17(16)21-2)15-11-14(15)12-6-4-3-5-7-12/h3-10,14-15,18,20H,11H2,1-2H3. The third kappa shape index (κ3) is 2.92. The van der Waals surface area contributed by atoms with Crippen molar-refractivity contribution in [3.8, 4) is 5.75 Å². The molecule has 0 radical (unpaired) electrons. The highest BCUT2D eigenvalue weighted by Gasteiger charge is 2.44. The van der Waals surface area contributed by atoms with Gasteiger partial charge in [0.05, 0.1) is 7.11 Å². The number of methoxy groups -OCH3 is 1. The second kappa shape index (κ2) is 6.08. The molecule has 2 aromatic rings. The molecule has 1 saturated carbocycles. The van der Waals surface area contributed by atoms with Gasteiger partial charge in [-0.2, -0.15) is 0 Å². The predicted octanol–water partition coefficient (Wildman–Crippen LogP) is 4.41. The van der Waals surface area contributed by atoms with Gasteiger partial charge in [0.15, 0.2) is 0 Å². The minimum atomic E-state index is 0.267. The maximum Gasteiger partial charge on any atom is 0.123 e. The fourth-order valence-electron chi connectivity index (χ4n) is 3.22. The Morgan fingerprint density at radius 1 is 1.19 bits per heavy atom. The number of nitrogens with one attached hydrogen (secondary N) is 1. The van der Waals surface area contributed by atoms with Crippen molar-refractivity contribution in [1.82, 2.24) is 5.32 Å². The Labute approximate surface area is 131 Å². The number of ether oxygens (including phenoxy) is 1. The van der Waals surface area contributed by atoms with Crippen molar-refractivity contribution in [3.05, 3.63) is 64.7 Å². The van der Waals surface area contributed by atoms with Gasteiger partial charge in [0.1, 0.15) is 5.75 Å². The van der Waals surface area contributed by atoms with E-state index in [4.69, 9.17) is 16.3 Å². The Hall–Kier alpha value is -1.51. The van der Waals surface area contributed by atoms with Crippen molar-refractivity contribution in [3.63, 3.8) is 0 Å². The Morgan fingerprint density at radius 3 is 2.62 bits per heavy atom. The Balaban J connectivity index is 1.86. The summed E-state index contributed by atoms with van der Waals surface area (Å²) in [6, 6.07) is 16.8. The first-order chi connectivity index (χ1) is 10.2. The summed E-state index contributed by atoms with van der Waals surface area (Å²) in [5, 5.41) is 4.20. The zero-order valence-corrected chi connectivity index (χ0v) is 13.1. The molecule has 3 rings (SSSR count). The molecule has 1 aliphatic rings. The molecule has 3 unspecified atom stereocenters. The molecule has 3 atom stereocenters. The summed E-state index contributed by atoms with van der Waals surface area (Å²) in [6.45, 7) is 0. The molecule has 0 aromatic heterocycles. The maximum absolute atomic E-state index is 6.17. The van der Waals surface area contributed by atoms with Crippen molar-refractivity contribution < 1.29 is 4.74 Å². The van der Waals surface area contributed by atoms with Gasteiger partial charge in [-0.05, 0) is 49.1 Å². The fraction of sp³-hybridized carbons (Fsp3) is 0.333. The van der Waals surface area contributed by atoms with Crippen LogP contribution >= 0.6 is 11.6 Å². The van der Waals surface area contributed by atoms with E-state index in [1.54, 1.807) is 7.11 Å². The van der Waals surface area contributed by atoms with Gasteiger partial charge in [0.25, 0.3) is 0 Å². The topological polar surface area (TPSA) is 21.3 Å².